The number of nitro groups is 1. The van der Waals surface area contributed by atoms with Crippen LogP contribution in [0, 0.1) is 10.1 Å². The number of phenolic OH excluding ortho intramolecular Hbond substituents is 1. The van der Waals surface area contributed by atoms with Gasteiger partial charge in [0.05, 0.1) is 10.5 Å². The average molecular weight is 231 g/mol. The van der Waals surface area contributed by atoms with E-state index < -0.39 is 4.92 Å². The summed E-state index contributed by atoms with van der Waals surface area (Å²) in [6.45, 7) is 0. The minimum Gasteiger partial charge on any atom is -0.507 e. The SMILES string of the molecule is Nc1ccc(-c2cnccc2[N+](=O)[O-])c(O)c1. The van der Waals surface area contributed by atoms with Crippen molar-refractivity contribution >= 4 is 11.4 Å². The Balaban J connectivity index is 2.64. The summed E-state index contributed by atoms with van der Waals surface area (Å²) >= 11 is 0. The van der Waals surface area contributed by atoms with Crippen molar-refractivity contribution in [1.29, 1.82) is 0 Å². The first-order chi connectivity index (χ1) is 8.09. The van der Waals surface area contributed by atoms with E-state index in [9.17, 15) is 15.2 Å². The molecule has 0 atom stereocenters. The molecular weight excluding hydrogens is 222 g/mol. The van der Waals surface area contributed by atoms with Gasteiger partial charge in [0.25, 0.3) is 5.69 Å². The van der Waals surface area contributed by atoms with E-state index in [4.69, 9.17) is 5.73 Å². The molecule has 0 saturated heterocycles. The molecule has 0 unspecified atom stereocenters. The first-order valence-electron chi connectivity index (χ1n) is 4.77. The molecule has 0 aliphatic carbocycles. The topological polar surface area (TPSA) is 102 Å². The molecule has 0 fully saturated rings. The maximum atomic E-state index is 10.8. The van der Waals surface area contributed by atoms with Crippen LogP contribution in [0.25, 0.3) is 11.1 Å². The Hall–Kier alpha value is -2.63. The second-order valence-electron chi connectivity index (χ2n) is 3.43. The average Bonchev–Trinajstić information content (AvgIpc) is 2.29. The molecule has 6 heteroatoms. The summed E-state index contributed by atoms with van der Waals surface area (Å²) in [4.78, 5) is 14.1. The summed E-state index contributed by atoms with van der Waals surface area (Å²) in [6, 6.07) is 5.71. The minimum absolute atomic E-state index is 0.110. The van der Waals surface area contributed by atoms with Crippen LogP contribution in [-0.2, 0) is 0 Å². The number of nitrogen functional groups attached to an aromatic ring is 1. The molecule has 0 amide bonds. The zero-order valence-electron chi connectivity index (χ0n) is 8.70. The Kier molecular flexibility index (Phi) is 2.61. The largest absolute Gasteiger partial charge is 0.507 e. The lowest BCUT2D eigenvalue weighted by Gasteiger charge is -2.05. The lowest BCUT2D eigenvalue weighted by atomic mass is 10.0. The van der Waals surface area contributed by atoms with E-state index in [0.29, 0.717) is 11.3 Å². The highest BCUT2D eigenvalue weighted by molar-refractivity contribution is 5.78. The fourth-order valence-electron chi connectivity index (χ4n) is 1.53. The number of aromatic hydroxyl groups is 1. The van der Waals surface area contributed by atoms with Crippen LogP contribution < -0.4 is 5.73 Å². The first kappa shape index (κ1) is 10.9. The van der Waals surface area contributed by atoms with Crippen molar-refractivity contribution in [3.05, 3.63) is 46.8 Å². The van der Waals surface area contributed by atoms with E-state index in [1.807, 2.05) is 0 Å². The number of aromatic nitrogens is 1. The van der Waals surface area contributed by atoms with Gasteiger partial charge in [-0.15, -0.1) is 0 Å². The number of nitrogens with two attached hydrogens (primary N) is 1. The van der Waals surface area contributed by atoms with E-state index in [2.05, 4.69) is 4.98 Å². The van der Waals surface area contributed by atoms with Gasteiger partial charge >= 0.3 is 0 Å². The predicted octanol–water partition coefficient (Wildman–Crippen LogP) is 1.94. The maximum absolute atomic E-state index is 10.8. The molecule has 0 spiro atoms. The summed E-state index contributed by atoms with van der Waals surface area (Å²) in [6.07, 6.45) is 2.67. The van der Waals surface area contributed by atoms with Crippen LogP contribution in [0.3, 0.4) is 0 Å². The van der Waals surface area contributed by atoms with Crippen molar-refractivity contribution in [2.75, 3.05) is 5.73 Å². The fourth-order valence-corrected chi connectivity index (χ4v) is 1.53. The Morgan fingerprint density at radius 3 is 2.71 bits per heavy atom. The van der Waals surface area contributed by atoms with Gasteiger partial charge < -0.3 is 10.8 Å². The Labute approximate surface area is 96.5 Å². The second kappa shape index (κ2) is 4.09. The number of pyridine rings is 1. The second-order valence-corrected chi connectivity index (χ2v) is 3.43. The number of nitrogens with zero attached hydrogens (tertiary/aromatic N) is 2. The molecule has 86 valence electrons. The summed E-state index contributed by atoms with van der Waals surface area (Å²) in [5, 5.41) is 20.6. The van der Waals surface area contributed by atoms with Crippen molar-refractivity contribution in [2.24, 2.45) is 0 Å². The van der Waals surface area contributed by atoms with Crippen LogP contribution >= 0.6 is 0 Å². The van der Waals surface area contributed by atoms with Gasteiger partial charge in [-0.1, -0.05) is 0 Å². The van der Waals surface area contributed by atoms with E-state index in [1.165, 1.54) is 30.6 Å². The van der Waals surface area contributed by atoms with Gasteiger partial charge in [-0.05, 0) is 12.1 Å². The third kappa shape index (κ3) is 2.00. The number of phenols is 1. The lowest BCUT2D eigenvalue weighted by Crippen LogP contribution is -1.93. The molecular formula is C11H9N3O3. The lowest BCUT2D eigenvalue weighted by molar-refractivity contribution is -0.384. The number of hydrogen-bond acceptors (Lipinski definition) is 5. The highest BCUT2D eigenvalue weighted by atomic mass is 16.6. The van der Waals surface area contributed by atoms with E-state index in [0.717, 1.165) is 0 Å². The van der Waals surface area contributed by atoms with Crippen LogP contribution in [-0.4, -0.2) is 15.0 Å². The smallest absolute Gasteiger partial charge is 0.280 e. The number of benzene rings is 1. The molecule has 1 aromatic heterocycles. The van der Waals surface area contributed by atoms with Gasteiger partial charge in [0.15, 0.2) is 0 Å². The van der Waals surface area contributed by atoms with Gasteiger partial charge in [0.2, 0.25) is 0 Å². The molecule has 2 aromatic rings. The minimum atomic E-state index is -0.521. The summed E-state index contributed by atoms with van der Waals surface area (Å²) < 4.78 is 0. The van der Waals surface area contributed by atoms with Crippen molar-refractivity contribution in [3.63, 3.8) is 0 Å². The molecule has 3 N–H and O–H groups in total. The monoisotopic (exact) mass is 231 g/mol. The van der Waals surface area contributed by atoms with E-state index in [1.54, 1.807) is 6.07 Å². The van der Waals surface area contributed by atoms with Crippen LogP contribution in [0.2, 0.25) is 0 Å². The third-order valence-corrected chi connectivity index (χ3v) is 2.31. The quantitative estimate of drug-likeness (QED) is 0.467. The zero-order valence-corrected chi connectivity index (χ0v) is 8.70. The van der Waals surface area contributed by atoms with Crippen molar-refractivity contribution in [1.82, 2.24) is 4.98 Å². The number of hydrogen-bond donors (Lipinski definition) is 2. The van der Waals surface area contributed by atoms with Crippen LogP contribution in [0.5, 0.6) is 5.75 Å². The van der Waals surface area contributed by atoms with Crippen molar-refractivity contribution in [3.8, 4) is 16.9 Å². The highest BCUT2D eigenvalue weighted by Gasteiger charge is 2.17. The van der Waals surface area contributed by atoms with Crippen molar-refractivity contribution < 1.29 is 10.0 Å². The first-order valence-corrected chi connectivity index (χ1v) is 4.77. The molecule has 0 aliphatic heterocycles. The van der Waals surface area contributed by atoms with Crippen LogP contribution in [0.15, 0.2) is 36.7 Å². The van der Waals surface area contributed by atoms with Gasteiger partial charge in [0.1, 0.15) is 5.75 Å². The third-order valence-electron chi connectivity index (χ3n) is 2.31. The highest BCUT2D eigenvalue weighted by Crippen LogP contribution is 2.35. The Bertz CT molecular complexity index is 584. The van der Waals surface area contributed by atoms with Gasteiger partial charge in [-0.25, -0.2) is 0 Å². The number of rotatable bonds is 2. The molecule has 2 rings (SSSR count). The van der Waals surface area contributed by atoms with Crippen LogP contribution in [0.4, 0.5) is 11.4 Å². The maximum Gasteiger partial charge on any atom is 0.280 e. The molecule has 0 saturated carbocycles. The fraction of sp³-hybridized carbons (Fsp3) is 0. The van der Waals surface area contributed by atoms with Crippen molar-refractivity contribution in [2.45, 2.75) is 0 Å². The predicted molar refractivity (Wildman–Crippen MR) is 62.4 cm³/mol. The molecule has 1 heterocycles. The zero-order chi connectivity index (χ0) is 12.4. The normalized spacial score (nSPS) is 10.1. The van der Waals surface area contributed by atoms with Gasteiger partial charge in [-0.3, -0.25) is 15.1 Å². The van der Waals surface area contributed by atoms with E-state index in [-0.39, 0.29) is 17.0 Å². The van der Waals surface area contributed by atoms with Gasteiger partial charge in [-0.2, -0.15) is 0 Å². The molecule has 0 radical (unpaired) electrons. The summed E-state index contributed by atoms with van der Waals surface area (Å²) in [5.74, 6) is -0.110. The standard InChI is InChI=1S/C11H9N3O3/c12-7-1-2-8(11(15)5-7)9-6-13-4-3-10(9)14(16)17/h1-6,15H,12H2. The molecule has 1 aromatic carbocycles. The Morgan fingerprint density at radius 2 is 2.06 bits per heavy atom. The number of anilines is 1. The van der Waals surface area contributed by atoms with E-state index >= 15 is 0 Å². The Morgan fingerprint density at radius 1 is 1.29 bits per heavy atom. The summed E-state index contributed by atoms with van der Waals surface area (Å²) in [7, 11) is 0. The van der Waals surface area contributed by atoms with Crippen LogP contribution in [0.1, 0.15) is 0 Å². The molecule has 6 nitrogen and oxygen atoms in total. The summed E-state index contributed by atoms with van der Waals surface area (Å²) in [5.41, 5.74) is 6.36. The van der Waals surface area contributed by atoms with Gasteiger partial charge in [0, 0.05) is 35.8 Å². The molecule has 0 aliphatic rings. The molecule has 17 heavy (non-hydrogen) atoms. The molecule has 0 bridgehead atoms.